The summed E-state index contributed by atoms with van der Waals surface area (Å²) in [6, 6.07) is 16.4. The number of aliphatic carboxylic acids is 1. The van der Waals surface area contributed by atoms with Gasteiger partial charge in [0.25, 0.3) is 0 Å². The van der Waals surface area contributed by atoms with Crippen LogP contribution in [0.1, 0.15) is 42.7 Å². The Bertz CT molecular complexity index is 1130. The van der Waals surface area contributed by atoms with Crippen molar-refractivity contribution in [1.82, 2.24) is 10.2 Å². The van der Waals surface area contributed by atoms with Gasteiger partial charge < -0.3 is 20.1 Å². The lowest BCUT2D eigenvalue weighted by Crippen LogP contribution is -2.41. The minimum atomic E-state index is -0.734. The Labute approximate surface area is 204 Å². The van der Waals surface area contributed by atoms with Crippen LogP contribution in [0.3, 0.4) is 0 Å². The van der Waals surface area contributed by atoms with Crippen molar-refractivity contribution >= 4 is 18.0 Å². The van der Waals surface area contributed by atoms with Crippen LogP contribution in [0.15, 0.2) is 48.5 Å². The molecule has 0 aromatic heterocycles. The topological polar surface area (TPSA) is 95.9 Å². The highest BCUT2D eigenvalue weighted by molar-refractivity contribution is 5.81. The summed E-state index contributed by atoms with van der Waals surface area (Å²) < 4.78 is 5.67. The molecule has 0 radical (unpaired) electrons. The number of piperidine rings is 1. The Balaban J connectivity index is 1.01. The molecule has 4 aliphatic rings. The number of nitrogens with zero attached hydrogens (tertiary/aromatic N) is 1. The SMILES string of the molecule is O=C(N[C@H]1CC[C@@H](C(=O)N2CC[C@H]3C(C(=O)O)[C@H]3C2)C1)OCC1c2ccccc2-c2ccccc21. The largest absolute Gasteiger partial charge is 0.481 e. The van der Waals surface area contributed by atoms with Crippen LogP contribution in [0.2, 0.25) is 0 Å². The van der Waals surface area contributed by atoms with Gasteiger partial charge in [0.1, 0.15) is 6.61 Å². The lowest BCUT2D eigenvalue weighted by molar-refractivity contribution is -0.140. The second-order valence-corrected chi connectivity index (χ2v) is 10.4. The molecular formula is C28H30N2O5. The number of nitrogens with one attached hydrogen (secondary N) is 1. The van der Waals surface area contributed by atoms with Gasteiger partial charge in [0.2, 0.25) is 5.91 Å². The van der Waals surface area contributed by atoms with E-state index in [2.05, 4.69) is 29.6 Å². The van der Waals surface area contributed by atoms with Crippen molar-refractivity contribution in [2.45, 2.75) is 37.6 Å². The monoisotopic (exact) mass is 474 g/mol. The van der Waals surface area contributed by atoms with Gasteiger partial charge in [-0.15, -0.1) is 0 Å². The Morgan fingerprint density at radius 2 is 1.63 bits per heavy atom. The molecule has 7 heteroatoms. The number of amides is 2. The number of carboxylic acids is 1. The van der Waals surface area contributed by atoms with Crippen LogP contribution < -0.4 is 5.32 Å². The predicted molar refractivity (Wildman–Crippen MR) is 129 cm³/mol. The molecule has 182 valence electrons. The van der Waals surface area contributed by atoms with E-state index >= 15 is 0 Å². The van der Waals surface area contributed by atoms with Gasteiger partial charge in [0, 0.05) is 31.0 Å². The zero-order valence-corrected chi connectivity index (χ0v) is 19.6. The first kappa shape index (κ1) is 22.1. The maximum atomic E-state index is 13.0. The molecule has 5 atom stereocenters. The molecule has 2 saturated carbocycles. The van der Waals surface area contributed by atoms with E-state index in [1.807, 2.05) is 29.2 Å². The van der Waals surface area contributed by atoms with Crippen LogP contribution in [0, 0.1) is 23.7 Å². The second kappa shape index (κ2) is 8.70. The number of hydrogen-bond donors (Lipinski definition) is 2. The number of carboxylic acid groups (broad SMARTS) is 1. The van der Waals surface area contributed by atoms with Crippen LogP contribution in [-0.4, -0.2) is 53.7 Å². The van der Waals surface area contributed by atoms with Gasteiger partial charge in [-0.3, -0.25) is 9.59 Å². The molecule has 2 amide bonds. The molecule has 1 aliphatic heterocycles. The van der Waals surface area contributed by atoms with E-state index in [1.54, 1.807) is 0 Å². The molecule has 7 nitrogen and oxygen atoms in total. The van der Waals surface area contributed by atoms with E-state index in [0.717, 1.165) is 19.3 Å². The molecule has 0 spiro atoms. The summed E-state index contributed by atoms with van der Waals surface area (Å²) in [5.41, 5.74) is 4.74. The number of carbonyl (C=O) groups is 3. The van der Waals surface area contributed by atoms with Crippen LogP contribution in [0.5, 0.6) is 0 Å². The maximum Gasteiger partial charge on any atom is 0.407 e. The third-order valence-electron chi connectivity index (χ3n) is 8.54. The zero-order valence-electron chi connectivity index (χ0n) is 19.6. The minimum absolute atomic E-state index is 0.0195. The number of rotatable bonds is 5. The average molecular weight is 475 g/mol. The quantitative estimate of drug-likeness (QED) is 0.686. The number of alkyl carbamates (subject to hydrolysis) is 1. The summed E-state index contributed by atoms with van der Waals surface area (Å²) in [5, 5.41) is 12.3. The van der Waals surface area contributed by atoms with E-state index < -0.39 is 12.1 Å². The van der Waals surface area contributed by atoms with Gasteiger partial charge in [0.05, 0.1) is 5.92 Å². The smallest absolute Gasteiger partial charge is 0.407 e. The van der Waals surface area contributed by atoms with Gasteiger partial charge in [-0.25, -0.2) is 4.79 Å². The minimum Gasteiger partial charge on any atom is -0.481 e. The molecule has 1 saturated heterocycles. The van der Waals surface area contributed by atoms with E-state index in [4.69, 9.17) is 4.74 Å². The first-order valence-electron chi connectivity index (χ1n) is 12.6. The summed E-state index contributed by atoms with van der Waals surface area (Å²) >= 11 is 0. The molecule has 1 unspecified atom stereocenters. The Hall–Kier alpha value is -3.35. The fourth-order valence-electron chi connectivity index (χ4n) is 6.71. The fraction of sp³-hybridized carbons (Fsp3) is 0.464. The highest BCUT2D eigenvalue weighted by atomic mass is 16.5. The molecule has 2 N–H and O–H groups in total. The van der Waals surface area contributed by atoms with Crippen molar-refractivity contribution in [3.05, 3.63) is 59.7 Å². The Kier molecular flexibility index (Phi) is 5.50. The van der Waals surface area contributed by atoms with Crippen molar-refractivity contribution in [3.8, 4) is 11.1 Å². The molecule has 0 bridgehead atoms. The van der Waals surface area contributed by atoms with Crippen molar-refractivity contribution in [2.75, 3.05) is 19.7 Å². The normalized spacial score (nSPS) is 28.6. The van der Waals surface area contributed by atoms with Crippen molar-refractivity contribution in [2.24, 2.45) is 23.7 Å². The summed E-state index contributed by atoms with van der Waals surface area (Å²) in [6.07, 6.45) is 2.43. The number of ether oxygens (including phenoxy) is 1. The van der Waals surface area contributed by atoms with E-state index in [-0.39, 0.29) is 48.1 Å². The van der Waals surface area contributed by atoms with E-state index in [9.17, 15) is 19.5 Å². The first-order valence-corrected chi connectivity index (χ1v) is 12.6. The van der Waals surface area contributed by atoms with Gasteiger partial charge in [0.15, 0.2) is 0 Å². The van der Waals surface area contributed by atoms with E-state index in [0.29, 0.717) is 19.5 Å². The number of hydrogen-bond acceptors (Lipinski definition) is 4. The number of carbonyl (C=O) groups excluding carboxylic acids is 2. The summed E-state index contributed by atoms with van der Waals surface area (Å²) in [6.45, 7) is 1.47. The maximum absolute atomic E-state index is 13.0. The lowest BCUT2D eigenvalue weighted by Gasteiger charge is -2.28. The Morgan fingerprint density at radius 1 is 0.943 bits per heavy atom. The fourth-order valence-corrected chi connectivity index (χ4v) is 6.71. The number of likely N-dealkylation sites (tertiary alicyclic amines) is 1. The van der Waals surface area contributed by atoms with Crippen LogP contribution in [0.4, 0.5) is 4.79 Å². The molecule has 35 heavy (non-hydrogen) atoms. The molecule has 2 aromatic carbocycles. The van der Waals surface area contributed by atoms with Gasteiger partial charge in [-0.05, 0) is 59.8 Å². The molecule has 2 aromatic rings. The van der Waals surface area contributed by atoms with Crippen LogP contribution >= 0.6 is 0 Å². The van der Waals surface area contributed by atoms with Crippen LogP contribution in [0.25, 0.3) is 11.1 Å². The lowest BCUT2D eigenvalue weighted by atomic mass is 9.98. The predicted octanol–water partition coefficient (Wildman–Crippen LogP) is 3.87. The van der Waals surface area contributed by atoms with Crippen molar-refractivity contribution in [1.29, 1.82) is 0 Å². The molecule has 1 heterocycles. The van der Waals surface area contributed by atoms with Gasteiger partial charge in [-0.1, -0.05) is 48.5 Å². The summed E-state index contributed by atoms with van der Waals surface area (Å²) in [4.78, 5) is 38.8. The van der Waals surface area contributed by atoms with Crippen LogP contribution in [-0.2, 0) is 14.3 Å². The standard InChI is InChI=1S/C28H30N2O5/c31-26(30-12-11-22-23(14-30)25(22)27(32)33)16-9-10-17(13-16)29-28(34)35-15-24-20-7-3-1-5-18(20)19-6-2-4-8-21(19)24/h1-8,16-17,22-25H,9-15H2,(H,29,34)(H,32,33)/t16-,17+,22-,23+,25?/m1/s1. The summed E-state index contributed by atoms with van der Waals surface area (Å²) in [5.74, 6) is -0.652. The molecular weight excluding hydrogens is 444 g/mol. The van der Waals surface area contributed by atoms with Crippen molar-refractivity contribution in [3.63, 3.8) is 0 Å². The average Bonchev–Trinajstić information content (AvgIpc) is 3.26. The number of benzene rings is 2. The Morgan fingerprint density at radius 3 is 2.31 bits per heavy atom. The van der Waals surface area contributed by atoms with Crippen molar-refractivity contribution < 1.29 is 24.2 Å². The summed E-state index contributed by atoms with van der Waals surface area (Å²) in [7, 11) is 0. The van der Waals surface area contributed by atoms with Gasteiger partial charge >= 0.3 is 12.1 Å². The molecule has 6 rings (SSSR count). The molecule has 3 fully saturated rings. The zero-order chi connectivity index (χ0) is 24.1. The van der Waals surface area contributed by atoms with E-state index in [1.165, 1.54) is 22.3 Å². The molecule has 3 aliphatic carbocycles. The first-order chi connectivity index (χ1) is 17.0. The highest BCUT2D eigenvalue weighted by Crippen LogP contribution is 2.52. The van der Waals surface area contributed by atoms with Gasteiger partial charge in [-0.2, -0.15) is 0 Å². The third-order valence-corrected chi connectivity index (χ3v) is 8.54. The number of fused-ring (bicyclic) bond motifs is 4. The second-order valence-electron chi connectivity index (χ2n) is 10.4. The third kappa shape index (κ3) is 3.97. The highest BCUT2D eigenvalue weighted by Gasteiger charge is 2.57.